The van der Waals surface area contributed by atoms with Gasteiger partial charge in [-0.15, -0.1) is 0 Å². The van der Waals surface area contributed by atoms with Gasteiger partial charge in [0.05, 0.1) is 12.3 Å². The number of aliphatic imine (C=N–C) groups is 1. The fraction of sp³-hybridized carbons (Fsp3) is 0.167. The first kappa shape index (κ1) is 17.1. The number of hydrogen-bond donors (Lipinski definition) is 2. The van der Waals surface area contributed by atoms with Crippen molar-refractivity contribution < 1.29 is 5.11 Å². The predicted octanol–water partition coefficient (Wildman–Crippen LogP) is 2.81. The van der Waals surface area contributed by atoms with Crippen LogP contribution in [0.1, 0.15) is 11.1 Å². The Labute approximate surface area is 149 Å². The predicted molar refractivity (Wildman–Crippen MR) is 100 cm³/mol. The molecule has 1 aromatic carbocycles. The van der Waals surface area contributed by atoms with Crippen LogP contribution in [0.5, 0.6) is 0 Å². The first-order valence-corrected chi connectivity index (χ1v) is 8.14. The lowest BCUT2D eigenvalue weighted by Gasteiger charge is -2.10. The summed E-state index contributed by atoms with van der Waals surface area (Å²) in [6, 6.07) is 10.7. The summed E-state index contributed by atoms with van der Waals surface area (Å²) in [5.41, 5.74) is 2.16. The lowest BCUT2D eigenvalue weighted by atomic mass is 10.2. The Morgan fingerprint density at radius 3 is 2.96 bits per heavy atom. The fourth-order valence-electron chi connectivity index (χ4n) is 2.43. The first-order chi connectivity index (χ1) is 12.1. The topological polar surface area (TPSA) is 79.0 Å². The molecule has 3 aromatic rings. The first-order valence-electron chi connectivity index (χ1n) is 7.76. The van der Waals surface area contributed by atoms with E-state index in [-0.39, 0.29) is 18.7 Å². The van der Waals surface area contributed by atoms with Crippen molar-refractivity contribution in [2.75, 3.05) is 18.5 Å². The molecule has 0 amide bonds. The molecule has 0 aliphatic rings. The number of aromatic nitrogens is 2. The zero-order valence-electron chi connectivity index (χ0n) is 13.6. The van der Waals surface area contributed by atoms with Crippen LogP contribution in [0, 0.1) is 6.92 Å². The highest BCUT2D eigenvalue weighted by Crippen LogP contribution is 2.18. The Morgan fingerprint density at radius 2 is 2.20 bits per heavy atom. The van der Waals surface area contributed by atoms with E-state index < -0.39 is 0 Å². The molecular formula is C18H17ClN4O2. The van der Waals surface area contributed by atoms with E-state index in [0.717, 1.165) is 5.56 Å². The number of pyridine rings is 1. The minimum Gasteiger partial charge on any atom is -0.395 e. The van der Waals surface area contributed by atoms with E-state index in [4.69, 9.17) is 16.7 Å². The van der Waals surface area contributed by atoms with E-state index in [1.54, 1.807) is 36.5 Å². The number of hydrogen-bond acceptors (Lipinski definition) is 5. The molecule has 3 rings (SSSR count). The third-order valence-electron chi connectivity index (χ3n) is 3.64. The number of nitrogens with zero attached hydrogens (tertiary/aromatic N) is 3. The third-order valence-corrected chi connectivity index (χ3v) is 3.87. The van der Waals surface area contributed by atoms with Gasteiger partial charge in [0, 0.05) is 24.0 Å². The second kappa shape index (κ2) is 7.46. The van der Waals surface area contributed by atoms with Crippen LogP contribution in [-0.4, -0.2) is 33.9 Å². The average Bonchev–Trinajstić information content (AvgIpc) is 2.60. The van der Waals surface area contributed by atoms with E-state index in [0.29, 0.717) is 27.7 Å². The fourth-order valence-corrected chi connectivity index (χ4v) is 2.62. The van der Waals surface area contributed by atoms with Gasteiger partial charge in [-0.2, -0.15) is 0 Å². The molecule has 0 atom stereocenters. The lowest BCUT2D eigenvalue weighted by molar-refractivity contribution is 0.311. The standard InChI is InChI=1S/C18H17ClN4O2/c1-12-4-3-8-23-17(12)22-16(20-7-9-24)15(18(23)25)11-21-14-6-2-5-13(19)10-14/h2-6,8,10-11,20,24H,7,9H2,1H3. The zero-order valence-corrected chi connectivity index (χ0v) is 14.4. The molecule has 0 saturated heterocycles. The SMILES string of the molecule is Cc1cccn2c(=O)c(C=Nc3cccc(Cl)c3)c(NCCO)nc12. The molecular weight excluding hydrogens is 340 g/mol. The number of benzene rings is 1. The Kier molecular flexibility index (Phi) is 5.11. The van der Waals surface area contributed by atoms with Gasteiger partial charge in [0.15, 0.2) is 0 Å². The Bertz CT molecular complexity index is 998. The molecule has 0 aliphatic carbocycles. The van der Waals surface area contributed by atoms with Crippen molar-refractivity contribution in [1.29, 1.82) is 0 Å². The van der Waals surface area contributed by atoms with Gasteiger partial charge in [-0.1, -0.05) is 23.7 Å². The van der Waals surface area contributed by atoms with E-state index in [1.807, 2.05) is 13.0 Å². The van der Waals surface area contributed by atoms with Crippen LogP contribution < -0.4 is 10.9 Å². The molecule has 128 valence electrons. The van der Waals surface area contributed by atoms with Crippen LogP contribution in [0.15, 0.2) is 52.4 Å². The van der Waals surface area contributed by atoms with Gasteiger partial charge in [-0.25, -0.2) is 4.98 Å². The van der Waals surface area contributed by atoms with Gasteiger partial charge < -0.3 is 10.4 Å². The quantitative estimate of drug-likeness (QED) is 0.689. The number of aliphatic hydroxyl groups excluding tert-OH is 1. The molecule has 7 heteroatoms. The number of fused-ring (bicyclic) bond motifs is 1. The highest BCUT2D eigenvalue weighted by Gasteiger charge is 2.12. The summed E-state index contributed by atoms with van der Waals surface area (Å²) in [5.74, 6) is 0.388. The van der Waals surface area contributed by atoms with Crippen LogP contribution >= 0.6 is 11.6 Å². The minimum atomic E-state index is -0.236. The van der Waals surface area contributed by atoms with E-state index in [9.17, 15) is 4.79 Å². The third kappa shape index (κ3) is 3.70. The Morgan fingerprint density at radius 1 is 1.36 bits per heavy atom. The maximum absolute atomic E-state index is 12.9. The molecule has 0 aliphatic heterocycles. The molecule has 2 aromatic heterocycles. The van der Waals surface area contributed by atoms with Crippen LogP contribution in [0.4, 0.5) is 11.5 Å². The van der Waals surface area contributed by atoms with Crippen LogP contribution in [-0.2, 0) is 0 Å². The van der Waals surface area contributed by atoms with E-state index >= 15 is 0 Å². The van der Waals surface area contributed by atoms with Crippen molar-refractivity contribution in [2.24, 2.45) is 4.99 Å². The number of anilines is 1. The second-order valence-electron chi connectivity index (χ2n) is 5.45. The summed E-state index contributed by atoms with van der Waals surface area (Å²) >= 11 is 5.96. The Balaban J connectivity index is 2.14. The highest BCUT2D eigenvalue weighted by atomic mass is 35.5. The van der Waals surface area contributed by atoms with Gasteiger partial charge in [-0.3, -0.25) is 14.2 Å². The Hall–Kier alpha value is -2.70. The summed E-state index contributed by atoms with van der Waals surface area (Å²) in [5, 5.41) is 12.6. The smallest absolute Gasteiger partial charge is 0.268 e. The molecule has 2 heterocycles. The van der Waals surface area contributed by atoms with Crippen LogP contribution in [0.3, 0.4) is 0 Å². The normalized spacial score (nSPS) is 11.3. The van der Waals surface area contributed by atoms with Crippen molar-refractivity contribution in [3.05, 3.63) is 69.1 Å². The van der Waals surface area contributed by atoms with Gasteiger partial charge in [0.25, 0.3) is 5.56 Å². The maximum atomic E-state index is 12.9. The molecule has 6 nitrogen and oxygen atoms in total. The summed E-state index contributed by atoms with van der Waals surface area (Å²) < 4.78 is 1.48. The van der Waals surface area contributed by atoms with Crippen molar-refractivity contribution >= 4 is 35.0 Å². The molecule has 0 spiro atoms. The summed E-state index contributed by atoms with van der Waals surface area (Å²) in [6.07, 6.45) is 3.14. The van der Waals surface area contributed by atoms with Gasteiger partial charge in [0.1, 0.15) is 17.0 Å². The number of aryl methyl sites for hydroxylation is 1. The summed E-state index contributed by atoms with van der Waals surface area (Å²) in [6.45, 7) is 2.10. The number of aliphatic hydroxyl groups is 1. The lowest BCUT2D eigenvalue weighted by Crippen LogP contribution is -2.23. The molecule has 0 radical (unpaired) electrons. The van der Waals surface area contributed by atoms with Gasteiger partial charge in [-0.05, 0) is 36.8 Å². The molecule has 25 heavy (non-hydrogen) atoms. The number of halogens is 1. The van der Waals surface area contributed by atoms with Crippen molar-refractivity contribution in [1.82, 2.24) is 9.38 Å². The second-order valence-corrected chi connectivity index (χ2v) is 5.89. The summed E-state index contributed by atoms with van der Waals surface area (Å²) in [7, 11) is 0. The molecule has 2 N–H and O–H groups in total. The van der Waals surface area contributed by atoms with Gasteiger partial charge >= 0.3 is 0 Å². The minimum absolute atomic E-state index is 0.0697. The molecule has 0 saturated carbocycles. The molecule has 0 fully saturated rings. The van der Waals surface area contributed by atoms with Crippen molar-refractivity contribution in [2.45, 2.75) is 6.92 Å². The van der Waals surface area contributed by atoms with Crippen molar-refractivity contribution in [3.8, 4) is 0 Å². The maximum Gasteiger partial charge on any atom is 0.268 e. The number of rotatable bonds is 5. The highest BCUT2D eigenvalue weighted by molar-refractivity contribution is 6.30. The average molecular weight is 357 g/mol. The van der Waals surface area contributed by atoms with Gasteiger partial charge in [0.2, 0.25) is 0 Å². The van der Waals surface area contributed by atoms with Crippen molar-refractivity contribution in [3.63, 3.8) is 0 Å². The number of nitrogens with one attached hydrogen (secondary N) is 1. The monoisotopic (exact) mass is 356 g/mol. The van der Waals surface area contributed by atoms with E-state index in [2.05, 4.69) is 15.3 Å². The van der Waals surface area contributed by atoms with Crippen LogP contribution in [0.25, 0.3) is 5.65 Å². The van der Waals surface area contributed by atoms with E-state index in [1.165, 1.54) is 10.6 Å². The molecule has 0 unspecified atom stereocenters. The van der Waals surface area contributed by atoms with Crippen LogP contribution in [0.2, 0.25) is 5.02 Å². The molecule has 0 bridgehead atoms. The zero-order chi connectivity index (χ0) is 17.8. The summed E-state index contributed by atoms with van der Waals surface area (Å²) in [4.78, 5) is 21.7. The largest absolute Gasteiger partial charge is 0.395 e.